The molecule has 182 valence electrons. The number of benzene rings is 2. The van der Waals surface area contributed by atoms with Crippen molar-refractivity contribution in [2.75, 3.05) is 13.2 Å². The number of alkyl halides is 3. The molecule has 2 aromatic carbocycles. The number of aromatic nitrogens is 2. The van der Waals surface area contributed by atoms with Gasteiger partial charge in [-0.2, -0.15) is 13.2 Å². The Morgan fingerprint density at radius 1 is 1.03 bits per heavy atom. The topological polar surface area (TPSA) is 65.6 Å². The van der Waals surface area contributed by atoms with Crippen LogP contribution in [0.25, 0.3) is 22.2 Å². The van der Waals surface area contributed by atoms with Crippen LogP contribution < -0.4 is 10.3 Å². The molecule has 0 radical (unpaired) electrons. The maximum Gasteiger partial charge on any atom is 0.416 e. The number of rotatable bonds is 4. The van der Waals surface area contributed by atoms with Crippen molar-refractivity contribution in [3.8, 4) is 22.6 Å². The van der Waals surface area contributed by atoms with Gasteiger partial charge < -0.3 is 23.7 Å². The highest BCUT2D eigenvalue weighted by molar-refractivity contribution is 5.94. The van der Waals surface area contributed by atoms with Crippen LogP contribution in [-0.2, 0) is 18.0 Å². The maximum atomic E-state index is 12.9. The zero-order valence-electron chi connectivity index (χ0n) is 19.0. The Morgan fingerprint density at radius 3 is 2.43 bits per heavy atom. The molecule has 5 rings (SSSR count). The average molecular weight is 484 g/mol. The first kappa shape index (κ1) is 23.2. The normalized spacial score (nSPS) is 18.3. The minimum atomic E-state index is -4.42. The van der Waals surface area contributed by atoms with Gasteiger partial charge in [0.2, 0.25) is 0 Å². The molecule has 2 aromatic heterocycles. The van der Waals surface area contributed by atoms with E-state index >= 15 is 0 Å². The van der Waals surface area contributed by atoms with Crippen LogP contribution in [0.5, 0.6) is 11.5 Å². The summed E-state index contributed by atoms with van der Waals surface area (Å²) in [4.78, 5) is 12.5. The van der Waals surface area contributed by atoms with Crippen molar-refractivity contribution in [1.82, 2.24) is 9.13 Å². The molecule has 1 N–H and O–H groups in total. The Labute approximate surface area is 198 Å². The van der Waals surface area contributed by atoms with Crippen molar-refractivity contribution >= 4 is 11.0 Å². The third-order valence-corrected chi connectivity index (χ3v) is 6.25. The molecule has 0 spiro atoms. The van der Waals surface area contributed by atoms with Gasteiger partial charge in [0.1, 0.15) is 17.6 Å². The first-order valence-electron chi connectivity index (χ1n) is 11.1. The quantitative estimate of drug-likeness (QED) is 0.440. The van der Waals surface area contributed by atoms with Crippen molar-refractivity contribution in [3.63, 3.8) is 0 Å². The molecule has 2 atom stereocenters. The fourth-order valence-electron chi connectivity index (χ4n) is 4.51. The Hall–Kier alpha value is -3.56. The van der Waals surface area contributed by atoms with Crippen molar-refractivity contribution < 1.29 is 27.8 Å². The van der Waals surface area contributed by atoms with Crippen LogP contribution in [0, 0.1) is 6.92 Å². The lowest BCUT2D eigenvalue weighted by Crippen LogP contribution is -2.22. The largest absolute Gasteiger partial charge is 0.457 e. The van der Waals surface area contributed by atoms with Gasteiger partial charge in [0, 0.05) is 24.9 Å². The number of aliphatic hydroxyl groups is 1. The molecular formula is C26H23F3N2O4. The maximum absolute atomic E-state index is 12.9. The van der Waals surface area contributed by atoms with Gasteiger partial charge in [-0.25, -0.2) is 0 Å². The molecule has 0 bridgehead atoms. The molecule has 1 aliphatic rings. The summed E-state index contributed by atoms with van der Waals surface area (Å²) in [6.45, 7) is 2.47. The smallest absolute Gasteiger partial charge is 0.416 e. The van der Waals surface area contributed by atoms with Gasteiger partial charge in [0.05, 0.1) is 35.9 Å². The van der Waals surface area contributed by atoms with Crippen molar-refractivity contribution in [1.29, 1.82) is 0 Å². The molecule has 0 amide bonds. The molecule has 0 aliphatic carbocycles. The summed E-state index contributed by atoms with van der Waals surface area (Å²) in [5.41, 5.74) is 2.96. The van der Waals surface area contributed by atoms with Crippen LogP contribution in [0.3, 0.4) is 0 Å². The Morgan fingerprint density at radius 2 is 1.77 bits per heavy atom. The number of aliphatic hydroxyl groups excluding tert-OH is 1. The van der Waals surface area contributed by atoms with Crippen molar-refractivity contribution in [3.05, 3.63) is 82.3 Å². The number of hydrogen-bond acceptors (Lipinski definition) is 4. The lowest BCUT2D eigenvalue weighted by Gasteiger charge is -2.16. The molecular weight excluding hydrogens is 461 g/mol. The summed E-state index contributed by atoms with van der Waals surface area (Å²) in [5, 5.41) is 10.4. The van der Waals surface area contributed by atoms with Crippen LogP contribution in [0.15, 0.2) is 65.6 Å². The van der Waals surface area contributed by atoms with E-state index in [0.29, 0.717) is 17.9 Å². The fourth-order valence-corrected chi connectivity index (χ4v) is 4.51. The summed E-state index contributed by atoms with van der Waals surface area (Å²) < 4.78 is 53.4. The number of nitrogens with zero attached hydrogens (tertiary/aromatic N) is 2. The highest BCUT2D eigenvalue weighted by atomic mass is 19.4. The monoisotopic (exact) mass is 484 g/mol. The van der Waals surface area contributed by atoms with E-state index < -0.39 is 17.8 Å². The van der Waals surface area contributed by atoms with Gasteiger partial charge >= 0.3 is 6.18 Å². The predicted molar refractivity (Wildman–Crippen MR) is 125 cm³/mol. The fraction of sp³-hybridized carbons (Fsp3) is 0.269. The summed E-state index contributed by atoms with van der Waals surface area (Å²) >= 11 is 0. The standard InChI is InChI=1S/C26H23F3N2O4/c1-15-9-16(11-19(10-15)35-18-5-3-17(4-6-18)26(27,28)29)20-12-31(22-13-34-14-23(22)32)21-7-8-24(33)30(2)25(20)21/h3-12,22-23,32H,13-14H2,1-2H3. The molecule has 0 saturated carbocycles. The minimum Gasteiger partial charge on any atom is -0.457 e. The van der Waals surface area contributed by atoms with E-state index in [1.54, 1.807) is 29.8 Å². The molecule has 1 aliphatic heterocycles. The number of pyridine rings is 1. The molecule has 3 heterocycles. The Kier molecular flexibility index (Phi) is 5.69. The van der Waals surface area contributed by atoms with Crippen LogP contribution in [0.4, 0.5) is 13.2 Å². The second-order valence-corrected chi connectivity index (χ2v) is 8.75. The van der Waals surface area contributed by atoms with Crippen LogP contribution in [0.2, 0.25) is 0 Å². The third kappa shape index (κ3) is 4.33. The number of aryl methyl sites for hydroxylation is 2. The highest BCUT2D eigenvalue weighted by Gasteiger charge is 2.31. The second-order valence-electron chi connectivity index (χ2n) is 8.75. The molecule has 35 heavy (non-hydrogen) atoms. The average Bonchev–Trinajstić information content (AvgIpc) is 3.39. The summed E-state index contributed by atoms with van der Waals surface area (Å²) in [5.74, 6) is 0.724. The van der Waals surface area contributed by atoms with E-state index in [9.17, 15) is 23.1 Å². The molecule has 4 aromatic rings. The van der Waals surface area contributed by atoms with Gasteiger partial charge in [-0.05, 0) is 60.5 Å². The SMILES string of the molecule is Cc1cc(Oc2ccc(C(F)(F)F)cc2)cc(-c2cn(C3COCC3O)c3ccc(=O)n(C)c23)c1. The van der Waals surface area contributed by atoms with Gasteiger partial charge in [0.25, 0.3) is 5.56 Å². The van der Waals surface area contributed by atoms with E-state index in [1.807, 2.05) is 23.8 Å². The van der Waals surface area contributed by atoms with Crippen molar-refractivity contribution in [2.45, 2.75) is 25.2 Å². The zero-order chi connectivity index (χ0) is 24.9. The van der Waals surface area contributed by atoms with Gasteiger partial charge in [-0.3, -0.25) is 4.79 Å². The predicted octanol–water partition coefficient (Wildman–Crippen LogP) is 5.06. The van der Waals surface area contributed by atoms with Crippen LogP contribution in [0.1, 0.15) is 17.2 Å². The summed E-state index contributed by atoms with van der Waals surface area (Å²) in [7, 11) is 1.69. The molecule has 9 heteroatoms. The first-order valence-corrected chi connectivity index (χ1v) is 11.1. The zero-order valence-corrected chi connectivity index (χ0v) is 19.0. The first-order chi connectivity index (χ1) is 16.6. The number of halogens is 3. The van der Waals surface area contributed by atoms with E-state index in [-0.39, 0.29) is 24.0 Å². The van der Waals surface area contributed by atoms with E-state index in [0.717, 1.165) is 34.3 Å². The lowest BCUT2D eigenvalue weighted by atomic mass is 10.0. The van der Waals surface area contributed by atoms with Gasteiger partial charge in [0.15, 0.2) is 0 Å². The summed E-state index contributed by atoms with van der Waals surface area (Å²) in [6.07, 6.45) is -3.20. The number of hydrogen-bond donors (Lipinski definition) is 1. The van der Waals surface area contributed by atoms with Crippen molar-refractivity contribution in [2.24, 2.45) is 7.05 Å². The second kappa shape index (κ2) is 8.58. The number of ether oxygens (including phenoxy) is 2. The van der Waals surface area contributed by atoms with Gasteiger partial charge in [-0.15, -0.1) is 0 Å². The molecule has 6 nitrogen and oxygen atoms in total. The minimum absolute atomic E-state index is 0.173. The third-order valence-electron chi connectivity index (χ3n) is 6.25. The Balaban J connectivity index is 1.59. The van der Waals surface area contributed by atoms with Gasteiger partial charge in [-0.1, -0.05) is 6.07 Å². The molecule has 1 fully saturated rings. The summed E-state index contributed by atoms with van der Waals surface area (Å²) in [6, 6.07) is 13.0. The molecule has 2 unspecified atom stereocenters. The van der Waals surface area contributed by atoms with Crippen LogP contribution in [-0.4, -0.2) is 33.6 Å². The molecule has 1 saturated heterocycles. The highest BCUT2D eigenvalue weighted by Crippen LogP contribution is 2.37. The van der Waals surface area contributed by atoms with Crippen LogP contribution >= 0.6 is 0 Å². The lowest BCUT2D eigenvalue weighted by molar-refractivity contribution is -0.137. The Bertz CT molecular complexity index is 1450. The number of fused-ring (bicyclic) bond motifs is 1. The van der Waals surface area contributed by atoms with E-state index in [1.165, 1.54) is 18.2 Å². The van der Waals surface area contributed by atoms with E-state index in [4.69, 9.17) is 9.47 Å². The van der Waals surface area contributed by atoms with E-state index in [2.05, 4.69) is 0 Å².